The van der Waals surface area contributed by atoms with Gasteiger partial charge >= 0.3 is 23.9 Å². The number of carboxylic acids is 2. The van der Waals surface area contributed by atoms with Crippen molar-refractivity contribution in [3.8, 4) is 0 Å². The van der Waals surface area contributed by atoms with E-state index in [1.54, 1.807) is 0 Å². The first kappa shape index (κ1) is 16.7. The Kier molecular flexibility index (Phi) is 5.91. The maximum atomic E-state index is 11.9. The third-order valence-corrected chi connectivity index (χ3v) is 2.79. The van der Waals surface area contributed by atoms with Crippen LogP contribution in [0.5, 0.6) is 0 Å². The fourth-order valence-corrected chi connectivity index (χ4v) is 1.72. The molecular weight excluding hydrogens is 288 g/mol. The highest BCUT2D eigenvalue weighted by Crippen LogP contribution is 2.07. The highest BCUT2D eigenvalue weighted by Gasteiger charge is 2.32. The average molecular weight is 304 g/mol. The van der Waals surface area contributed by atoms with Gasteiger partial charge in [0.25, 0.3) is 0 Å². The smallest absolute Gasteiger partial charge is 0.336 e. The number of hydrogen-bond donors (Lipinski definition) is 3. The van der Waals surface area contributed by atoms with Crippen LogP contribution in [0.25, 0.3) is 0 Å². The second-order valence-electron chi connectivity index (χ2n) is 4.27. The van der Waals surface area contributed by atoms with E-state index in [0.29, 0.717) is 0 Å². The van der Waals surface area contributed by atoms with E-state index in [0.717, 1.165) is 0 Å². The molecule has 21 heavy (non-hydrogen) atoms. The molecule has 0 aliphatic carbocycles. The predicted molar refractivity (Wildman–Crippen MR) is 65.5 cm³/mol. The largest absolute Gasteiger partial charge is 0.481 e. The Morgan fingerprint density at radius 1 is 1.38 bits per heavy atom. The Balaban J connectivity index is 2.62. The van der Waals surface area contributed by atoms with E-state index in [4.69, 9.17) is 14.9 Å². The number of carbonyl (C=O) groups is 4. The number of carbonyl (C=O) groups excluding carboxylic acids is 2. The van der Waals surface area contributed by atoms with E-state index in [1.165, 1.54) is 12.0 Å². The molecule has 1 heterocycles. The first-order chi connectivity index (χ1) is 9.85. The van der Waals surface area contributed by atoms with Crippen LogP contribution in [0.4, 0.5) is 4.79 Å². The molecule has 118 valence electrons. The highest BCUT2D eigenvalue weighted by atomic mass is 16.6. The van der Waals surface area contributed by atoms with Crippen molar-refractivity contribution in [3.63, 3.8) is 0 Å². The number of methoxy groups -OCH3 is 1. The van der Waals surface area contributed by atoms with Crippen LogP contribution in [0, 0.1) is 0 Å². The summed E-state index contributed by atoms with van der Waals surface area (Å²) in [5.74, 6) is -3.45. The Labute approximate surface area is 119 Å². The van der Waals surface area contributed by atoms with Crippen molar-refractivity contribution in [2.24, 2.45) is 0 Å². The van der Waals surface area contributed by atoms with Crippen molar-refractivity contribution >= 4 is 23.9 Å². The summed E-state index contributed by atoms with van der Waals surface area (Å²) in [6.07, 6.45) is -1.69. The molecular formula is C11H16N2O8. The first-order valence-electron chi connectivity index (χ1n) is 6.04. The van der Waals surface area contributed by atoms with E-state index in [9.17, 15) is 19.2 Å². The van der Waals surface area contributed by atoms with Gasteiger partial charge in [0.05, 0.1) is 26.7 Å². The van der Waals surface area contributed by atoms with Crippen molar-refractivity contribution in [1.82, 2.24) is 10.2 Å². The Bertz CT molecular complexity index is 438. The third kappa shape index (κ3) is 4.91. The van der Waals surface area contributed by atoms with Gasteiger partial charge in [-0.1, -0.05) is 0 Å². The monoisotopic (exact) mass is 304 g/mol. The van der Waals surface area contributed by atoms with Crippen molar-refractivity contribution in [3.05, 3.63) is 0 Å². The van der Waals surface area contributed by atoms with Gasteiger partial charge in [-0.2, -0.15) is 0 Å². The van der Waals surface area contributed by atoms with E-state index in [-0.39, 0.29) is 19.7 Å². The number of esters is 1. The molecule has 0 spiro atoms. The first-order valence-corrected chi connectivity index (χ1v) is 6.04. The molecule has 0 aromatic heterocycles. The van der Waals surface area contributed by atoms with E-state index >= 15 is 0 Å². The SMILES string of the molecule is COC(=O)C1CN(C(=O)NC(CC(=O)O)C(=O)O)CCO1. The summed E-state index contributed by atoms with van der Waals surface area (Å²) in [5.41, 5.74) is 0. The highest BCUT2D eigenvalue weighted by molar-refractivity contribution is 5.86. The Hall–Kier alpha value is -2.36. The van der Waals surface area contributed by atoms with Gasteiger partial charge in [0.1, 0.15) is 6.04 Å². The number of morpholine rings is 1. The van der Waals surface area contributed by atoms with Crippen molar-refractivity contribution in [1.29, 1.82) is 0 Å². The summed E-state index contributed by atoms with van der Waals surface area (Å²) in [6.45, 7) is 0.139. The molecule has 3 N–H and O–H groups in total. The molecule has 0 saturated carbocycles. The number of rotatable bonds is 5. The van der Waals surface area contributed by atoms with Gasteiger partial charge in [-0.3, -0.25) is 4.79 Å². The van der Waals surface area contributed by atoms with Crippen molar-refractivity contribution in [2.75, 3.05) is 26.8 Å². The van der Waals surface area contributed by atoms with Crippen LogP contribution in [0.1, 0.15) is 6.42 Å². The van der Waals surface area contributed by atoms with Gasteiger partial charge in [0.2, 0.25) is 0 Å². The molecule has 2 amide bonds. The molecule has 10 heteroatoms. The molecule has 1 saturated heterocycles. The zero-order valence-electron chi connectivity index (χ0n) is 11.3. The molecule has 0 radical (unpaired) electrons. The quantitative estimate of drug-likeness (QED) is 0.521. The van der Waals surface area contributed by atoms with Crippen LogP contribution < -0.4 is 5.32 Å². The van der Waals surface area contributed by atoms with Gasteiger partial charge in [-0.15, -0.1) is 0 Å². The fourth-order valence-electron chi connectivity index (χ4n) is 1.72. The van der Waals surface area contributed by atoms with Gasteiger partial charge < -0.3 is 29.9 Å². The summed E-state index contributed by atoms with van der Waals surface area (Å²) < 4.78 is 9.62. The van der Waals surface area contributed by atoms with Gasteiger partial charge in [0.15, 0.2) is 6.10 Å². The molecule has 1 aliphatic heterocycles. The Morgan fingerprint density at radius 3 is 2.57 bits per heavy atom. The molecule has 1 aliphatic rings. The van der Waals surface area contributed by atoms with Crippen LogP contribution in [0.15, 0.2) is 0 Å². The predicted octanol–water partition coefficient (Wildman–Crippen LogP) is -1.50. The summed E-state index contributed by atoms with van der Waals surface area (Å²) in [7, 11) is 1.18. The topological polar surface area (TPSA) is 142 Å². The summed E-state index contributed by atoms with van der Waals surface area (Å²) in [5, 5.41) is 19.5. The second-order valence-corrected chi connectivity index (χ2v) is 4.27. The normalized spacial score (nSPS) is 19.5. The molecule has 0 bridgehead atoms. The van der Waals surface area contributed by atoms with Crippen molar-refractivity contribution in [2.45, 2.75) is 18.6 Å². The molecule has 10 nitrogen and oxygen atoms in total. The average Bonchev–Trinajstić information content (AvgIpc) is 2.45. The minimum Gasteiger partial charge on any atom is -0.481 e. The number of nitrogens with zero attached hydrogens (tertiary/aromatic N) is 1. The molecule has 0 aromatic rings. The second kappa shape index (κ2) is 7.43. The number of urea groups is 1. The van der Waals surface area contributed by atoms with Gasteiger partial charge in [0, 0.05) is 6.54 Å². The lowest BCUT2D eigenvalue weighted by Crippen LogP contribution is -2.55. The summed E-state index contributed by atoms with van der Waals surface area (Å²) in [6, 6.07) is -2.32. The maximum absolute atomic E-state index is 11.9. The number of aliphatic carboxylic acids is 2. The molecule has 1 rings (SSSR count). The van der Waals surface area contributed by atoms with Crippen LogP contribution in [0.2, 0.25) is 0 Å². The number of ether oxygens (including phenoxy) is 2. The summed E-state index contributed by atoms with van der Waals surface area (Å²) in [4.78, 5) is 45.8. The maximum Gasteiger partial charge on any atom is 0.336 e. The number of carboxylic acid groups (broad SMARTS) is 2. The van der Waals surface area contributed by atoms with E-state index in [2.05, 4.69) is 10.1 Å². The number of hydrogen-bond acceptors (Lipinski definition) is 6. The standard InChI is InChI=1S/C11H16N2O8/c1-20-10(18)7-5-13(2-3-21-7)11(19)12-6(9(16)17)4-8(14)15/h6-7H,2-5H2,1H3,(H,12,19)(H,14,15)(H,16,17). The summed E-state index contributed by atoms with van der Waals surface area (Å²) >= 11 is 0. The molecule has 1 fully saturated rings. The number of amides is 2. The fraction of sp³-hybridized carbons (Fsp3) is 0.636. The lowest BCUT2D eigenvalue weighted by Gasteiger charge is -2.32. The van der Waals surface area contributed by atoms with Crippen LogP contribution in [-0.4, -0.2) is 78.0 Å². The van der Waals surface area contributed by atoms with E-state index in [1.807, 2.05) is 0 Å². The minimum absolute atomic E-state index is 0.0872. The van der Waals surface area contributed by atoms with Crippen LogP contribution >= 0.6 is 0 Å². The molecule has 0 aromatic carbocycles. The van der Waals surface area contributed by atoms with Crippen molar-refractivity contribution < 1.29 is 38.9 Å². The van der Waals surface area contributed by atoms with Gasteiger partial charge in [-0.25, -0.2) is 14.4 Å². The van der Waals surface area contributed by atoms with Gasteiger partial charge in [-0.05, 0) is 0 Å². The lowest BCUT2D eigenvalue weighted by molar-refractivity contribution is -0.158. The third-order valence-electron chi connectivity index (χ3n) is 2.79. The zero-order valence-corrected chi connectivity index (χ0v) is 11.3. The molecule has 2 unspecified atom stereocenters. The van der Waals surface area contributed by atoms with E-state index < -0.39 is 42.5 Å². The Morgan fingerprint density at radius 2 is 2.05 bits per heavy atom. The lowest BCUT2D eigenvalue weighted by atomic mass is 10.2. The molecule has 2 atom stereocenters. The minimum atomic E-state index is -1.55. The number of nitrogens with one attached hydrogen (secondary N) is 1. The zero-order chi connectivity index (χ0) is 16.0. The van der Waals surface area contributed by atoms with Crippen LogP contribution in [0.3, 0.4) is 0 Å². The van der Waals surface area contributed by atoms with Crippen LogP contribution in [-0.2, 0) is 23.9 Å².